The van der Waals surface area contributed by atoms with Gasteiger partial charge in [-0.3, -0.25) is 0 Å². The lowest BCUT2D eigenvalue weighted by Crippen LogP contribution is -2.03. The zero-order valence-electron chi connectivity index (χ0n) is 31.3. The van der Waals surface area contributed by atoms with Gasteiger partial charge in [-0.25, -0.2) is 15.0 Å². The molecule has 1 atom stereocenters. The Hall–Kier alpha value is -7.11. The minimum atomic E-state index is 0.411. The first kappa shape index (κ1) is 32.2. The number of hydrogen-bond acceptors (Lipinski definition) is 5. The number of benzene rings is 7. The highest BCUT2D eigenvalue weighted by atomic mass is 16.3. The lowest BCUT2D eigenvalue weighted by atomic mass is 9.89. The molecule has 7 aromatic carbocycles. The fraction of sp³-hybridized carbons (Fsp3) is 0.0962. The molecule has 12 rings (SSSR count). The van der Waals surface area contributed by atoms with E-state index in [-0.39, 0.29) is 0 Å². The monoisotopic (exact) mass is 733 g/mol. The van der Waals surface area contributed by atoms with Crippen molar-refractivity contribution in [1.29, 1.82) is 0 Å². The fourth-order valence-electron chi connectivity index (χ4n) is 9.04. The molecule has 0 saturated carbocycles. The Labute approximate surface area is 328 Å². The minimum Gasteiger partial charge on any atom is -0.460 e. The lowest BCUT2D eigenvalue weighted by molar-refractivity contribution is 0.515. The van der Waals surface area contributed by atoms with Crippen molar-refractivity contribution in [3.8, 4) is 33.9 Å². The van der Waals surface area contributed by atoms with E-state index in [0.29, 0.717) is 23.4 Å². The van der Waals surface area contributed by atoms with Gasteiger partial charge in [0, 0.05) is 50.2 Å². The molecule has 0 fully saturated rings. The molecule has 0 amide bonds. The van der Waals surface area contributed by atoms with E-state index < -0.39 is 0 Å². The average Bonchev–Trinajstić information content (AvgIpc) is 3.84. The molecule has 0 spiro atoms. The van der Waals surface area contributed by atoms with E-state index >= 15 is 0 Å². The van der Waals surface area contributed by atoms with E-state index in [1.165, 1.54) is 21.5 Å². The van der Waals surface area contributed by atoms with Gasteiger partial charge in [0.1, 0.15) is 22.5 Å². The molecule has 3 aromatic heterocycles. The number of rotatable bonds is 4. The molecule has 0 aliphatic heterocycles. The van der Waals surface area contributed by atoms with Gasteiger partial charge in [0.05, 0.1) is 0 Å². The molecule has 10 aromatic rings. The van der Waals surface area contributed by atoms with Gasteiger partial charge in [-0.05, 0) is 87.1 Å². The standard InChI is InChI=1S/C52H35N3O2/c1-30-19-24-40-45(25-30)57-49-38-16-8-6-14-34(38)26-42(48(40)49)36-28-43(47-39-17-9-10-18-44(39)56-46(47)29-36)52-54-50(33-12-3-2-4-13-33)53-51(55-52)35-23-22-32-21-20-31-11-5-7-15-37(31)41(32)27-35/h3,5-24,26-30H,2,4,25H2,1H3. The Kier molecular flexibility index (Phi) is 7.03. The SMILES string of the molecule is CC1C=Cc2c(oc3c2c(-c2cc(-c4nc(C5=CCCC=C5)nc(-c5ccc6ccc7ccccc7c6c5)n4)c4c(c2)oc2ccccc24)cc2ccccc23)C1. The van der Waals surface area contributed by atoms with Crippen LogP contribution in [0.25, 0.3) is 111 Å². The third-order valence-corrected chi connectivity index (χ3v) is 11.8. The normalized spacial score (nSPS) is 15.4. The predicted molar refractivity (Wildman–Crippen MR) is 234 cm³/mol. The number of nitrogens with zero attached hydrogens (tertiary/aromatic N) is 3. The topological polar surface area (TPSA) is 65.0 Å². The van der Waals surface area contributed by atoms with Crippen molar-refractivity contribution in [2.75, 3.05) is 0 Å². The molecule has 5 nitrogen and oxygen atoms in total. The minimum absolute atomic E-state index is 0.411. The maximum Gasteiger partial charge on any atom is 0.164 e. The molecular weight excluding hydrogens is 699 g/mol. The molecule has 0 saturated heterocycles. The van der Waals surface area contributed by atoms with E-state index in [0.717, 1.165) is 102 Å². The Balaban J connectivity index is 1.15. The quantitative estimate of drug-likeness (QED) is 0.169. The van der Waals surface area contributed by atoms with E-state index in [2.05, 4.69) is 146 Å². The maximum atomic E-state index is 6.77. The molecule has 0 N–H and O–H groups in total. The number of hydrogen-bond donors (Lipinski definition) is 0. The summed E-state index contributed by atoms with van der Waals surface area (Å²) in [5.74, 6) is 3.34. The second kappa shape index (κ2) is 12.5. The molecular formula is C52H35N3O2. The molecule has 3 heterocycles. The summed E-state index contributed by atoms with van der Waals surface area (Å²) in [4.78, 5) is 15.9. The fourth-order valence-corrected chi connectivity index (χ4v) is 9.04. The van der Waals surface area contributed by atoms with Crippen LogP contribution in [0.15, 0.2) is 154 Å². The zero-order valence-corrected chi connectivity index (χ0v) is 31.3. The summed E-state index contributed by atoms with van der Waals surface area (Å²) in [7, 11) is 0. The summed E-state index contributed by atoms with van der Waals surface area (Å²) < 4.78 is 13.5. The van der Waals surface area contributed by atoms with E-state index in [9.17, 15) is 0 Å². The van der Waals surface area contributed by atoms with Gasteiger partial charge in [0.25, 0.3) is 0 Å². The van der Waals surface area contributed by atoms with Gasteiger partial charge in [-0.1, -0.05) is 128 Å². The van der Waals surface area contributed by atoms with Gasteiger partial charge < -0.3 is 8.83 Å². The van der Waals surface area contributed by atoms with Crippen LogP contribution < -0.4 is 0 Å². The first-order chi connectivity index (χ1) is 28.1. The molecule has 270 valence electrons. The van der Waals surface area contributed by atoms with Crippen molar-refractivity contribution in [1.82, 2.24) is 15.0 Å². The van der Waals surface area contributed by atoms with Gasteiger partial charge in [-0.15, -0.1) is 0 Å². The third-order valence-electron chi connectivity index (χ3n) is 11.8. The molecule has 1 unspecified atom stereocenters. The Morgan fingerprint density at radius 3 is 2.18 bits per heavy atom. The number of furan rings is 2. The van der Waals surface area contributed by atoms with Crippen LogP contribution in [0.5, 0.6) is 0 Å². The molecule has 2 aliphatic rings. The predicted octanol–water partition coefficient (Wildman–Crippen LogP) is 13.9. The lowest BCUT2D eigenvalue weighted by Gasteiger charge is -2.14. The van der Waals surface area contributed by atoms with Gasteiger partial charge >= 0.3 is 0 Å². The van der Waals surface area contributed by atoms with Crippen LogP contribution in [0.2, 0.25) is 0 Å². The number of para-hydroxylation sites is 1. The molecule has 5 heteroatoms. The van der Waals surface area contributed by atoms with Crippen molar-refractivity contribution >= 4 is 76.9 Å². The molecule has 0 bridgehead atoms. The summed E-state index contributed by atoms with van der Waals surface area (Å²) in [5.41, 5.74) is 8.62. The highest BCUT2D eigenvalue weighted by Crippen LogP contribution is 2.46. The van der Waals surface area contributed by atoms with Crippen molar-refractivity contribution in [2.24, 2.45) is 5.92 Å². The van der Waals surface area contributed by atoms with Crippen molar-refractivity contribution < 1.29 is 8.83 Å². The van der Waals surface area contributed by atoms with Crippen LogP contribution in [0.1, 0.15) is 36.9 Å². The largest absolute Gasteiger partial charge is 0.460 e. The number of fused-ring (bicyclic) bond motifs is 11. The van der Waals surface area contributed by atoms with Crippen LogP contribution >= 0.6 is 0 Å². The van der Waals surface area contributed by atoms with Gasteiger partial charge in [-0.2, -0.15) is 0 Å². The summed E-state index contributed by atoms with van der Waals surface area (Å²) in [6.45, 7) is 2.24. The summed E-state index contributed by atoms with van der Waals surface area (Å²) >= 11 is 0. The Bertz CT molecular complexity index is 3410. The first-order valence-electron chi connectivity index (χ1n) is 19.8. The summed E-state index contributed by atoms with van der Waals surface area (Å²) in [5, 5.41) is 10.1. The third kappa shape index (κ3) is 5.12. The van der Waals surface area contributed by atoms with Crippen molar-refractivity contribution in [3.63, 3.8) is 0 Å². The number of allylic oxidation sites excluding steroid dienone is 5. The highest BCUT2D eigenvalue weighted by molar-refractivity contribution is 6.18. The first-order valence-corrected chi connectivity index (χ1v) is 19.8. The van der Waals surface area contributed by atoms with Crippen LogP contribution in [-0.2, 0) is 6.42 Å². The molecule has 57 heavy (non-hydrogen) atoms. The molecule has 0 radical (unpaired) electrons. The maximum absolute atomic E-state index is 6.77. The summed E-state index contributed by atoms with van der Waals surface area (Å²) in [6.07, 6.45) is 13.9. The smallest absolute Gasteiger partial charge is 0.164 e. The van der Waals surface area contributed by atoms with Crippen LogP contribution in [0.3, 0.4) is 0 Å². The number of aromatic nitrogens is 3. The van der Waals surface area contributed by atoms with Crippen LogP contribution in [-0.4, -0.2) is 15.0 Å². The highest BCUT2D eigenvalue weighted by Gasteiger charge is 2.25. The van der Waals surface area contributed by atoms with E-state index in [1.807, 2.05) is 12.1 Å². The average molecular weight is 734 g/mol. The van der Waals surface area contributed by atoms with Gasteiger partial charge in [0.2, 0.25) is 0 Å². The second-order valence-electron chi connectivity index (χ2n) is 15.5. The zero-order chi connectivity index (χ0) is 37.6. The van der Waals surface area contributed by atoms with Crippen molar-refractivity contribution in [3.05, 3.63) is 163 Å². The van der Waals surface area contributed by atoms with Crippen LogP contribution in [0.4, 0.5) is 0 Å². The van der Waals surface area contributed by atoms with E-state index in [1.54, 1.807) is 0 Å². The van der Waals surface area contributed by atoms with E-state index in [4.69, 9.17) is 23.8 Å². The van der Waals surface area contributed by atoms with Gasteiger partial charge in [0.15, 0.2) is 17.5 Å². The Morgan fingerprint density at radius 2 is 1.30 bits per heavy atom. The molecule has 2 aliphatic carbocycles. The van der Waals surface area contributed by atoms with Crippen LogP contribution in [0, 0.1) is 5.92 Å². The Morgan fingerprint density at radius 1 is 0.544 bits per heavy atom. The summed E-state index contributed by atoms with van der Waals surface area (Å²) in [6, 6.07) is 42.9. The second-order valence-corrected chi connectivity index (χ2v) is 15.5. The van der Waals surface area contributed by atoms with Crippen molar-refractivity contribution in [2.45, 2.75) is 26.2 Å².